The molecule has 0 unspecified atom stereocenters. The van der Waals surface area contributed by atoms with Crippen molar-refractivity contribution in [1.82, 2.24) is 5.32 Å². The Morgan fingerprint density at radius 1 is 1.18 bits per heavy atom. The molecule has 3 aliphatic carbocycles. The number of benzene rings is 1. The summed E-state index contributed by atoms with van der Waals surface area (Å²) in [7, 11) is -3.59. The number of halogens is 3. The first-order valence-electron chi connectivity index (χ1n) is 6.67. The van der Waals surface area contributed by atoms with E-state index >= 15 is 0 Å². The summed E-state index contributed by atoms with van der Waals surface area (Å²) in [6, 6.07) is 5.68. The number of sulfone groups is 1. The molecule has 4 nitrogen and oxygen atoms in total. The van der Waals surface area contributed by atoms with Crippen LogP contribution in [0.25, 0.3) is 0 Å². The highest BCUT2D eigenvalue weighted by Crippen LogP contribution is 2.73. The maximum atomic E-state index is 12.8. The maximum Gasteiger partial charge on any atom is 0.394 e. The molecule has 1 aromatic carbocycles. The Hall–Kier alpha value is -1.57. The van der Waals surface area contributed by atoms with Gasteiger partial charge in [-0.2, -0.15) is 13.2 Å². The summed E-state index contributed by atoms with van der Waals surface area (Å²) in [5, 5.41) is 2.58. The molecule has 3 aliphatic rings. The van der Waals surface area contributed by atoms with Crippen molar-refractivity contribution in [1.29, 1.82) is 0 Å². The molecule has 1 N–H and O–H groups in total. The fraction of sp³-hybridized carbons (Fsp3) is 0.500. The summed E-state index contributed by atoms with van der Waals surface area (Å²) < 4.78 is 61.7. The van der Waals surface area contributed by atoms with Crippen LogP contribution in [0, 0.1) is 5.41 Å². The number of hydrogen-bond donors (Lipinski definition) is 1. The third-order valence-corrected chi connectivity index (χ3v) is 5.70. The highest BCUT2D eigenvalue weighted by atomic mass is 32.2. The predicted molar refractivity (Wildman–Crippen MR) is 72.1 cm³/mol. The summed E-state index contributed by atoms with van der Waals surface area (Å²) in [6.45, 7) is 0. The fourth-order valence-corrected chi connectivity index (χ4v) is 4.39. The molecule has 3 saturated carbocycles. The van der Waals surface area contributed by atoms with E-state index in [2.05, 4.69) is 5.32 Å². The quantitative estimate of drug-likeness (QED) is 0.923. The third kappa shape index (κ3) is 2.12. The first kappa shape index (κ1) is 15.3. The van der Waals surface area contributed by atoms with Crippen molar-refractivity contribution in [2.45, 2.75) is 35.9 Å². The van der Waals surface area contributed by atoms with E-state index in [1.165, 1.54) is 24.3 Å². The molecule has 8 heteroatoms. The molecule has 4 rings (SSSR count). The van der Waals surface area contributed by atoms with E-state index in [4.69, 9.17) is 0 Å². The molecular weight excluding hydrogens is 319 g/mol. The van der Waals surface area contributed by atoms with Gasteiger partial charge >= 0.3 is 6.18 Å². The van der Waals surface area contributed by atoms with Crippen LogP contribution in [0.3, 0.4) is 0 Å². The van der Waals surface area contributed by atoms with Crippen LogP contribution < -0.4 is 5.32 Å². The van der Waals surface area contributed by atoms with Crippen molar-refractivity contribution in [2.24, 2.45) is 5.41 Å². The SMILES string of the molecule is CS(=O)(=O)c1ccccc1C(=O)NC12CC(C(F)(F)F)(C1)C2. The standard InChI is InChI=1S/C14H14F3NO3S/c1-22(20,21)10-5-3-2-4-9(10)11(19)18-13-6-12(7-13,8-13)14(15,16)17/h2-5H,6-8H2,1H3,(H,18,19). The smallest absolute Gasteiger partial charge is 0.346 e. The molecule has 120 valence electrons. The lowest BCUT2D eigenvalue weighted by molar-refractivity contribution is -0.336. The van der Waals surface area contributed by atoms with Crippen molar-refractivity contribution in [3.05, 3.63) is 29.8 Å². The number of rotatable bonds is 3. The van der Waals surface area contributed by atoms with Crippen LogP contribution in [-0.4, -0.2) is 32.3 Å². The molecule has 0 spiro atoms. The number of hydrogen-bond acceptors (Lipinski definition) is 3. The second kappa shape index (κ2) is 4.24. The van der Waals surface area contributed by atoms with Gasteiger partial charge < -0.3 is 5.32 Å². The fourth-order valence-electron chi connectivity index (χ4n) is 3.51. The van der Waals surface area contributed by atoms with Crippen LogP contribution in [0.5, 0.6) is 0 Å². The Bertz CT molecular complexity index is 735. The molecule has 0 atom stereocenters. The lowest BCUT2D eigenvalue weighted by Crippen LogP contribution is -2.78. The first-order chi connectivity index (χ1) is 9.98. The van der Waals surface area contributed by atoms with E-state index in [9.17, 15) is 26.4 Å². The van der Waals surface area contributed by atoms with Gasteiger partial charge in [0, 0.05) is 11.8 Å². The molecule has 0 heterocycles. The first-order valence-corrected chi connectivity index (χ1v) is 8.56. The predicted octanol–water partition coefficient (Wildman–Crippen LogP) is 2.30. The Labute approximate surface area is 125 Å². The molecule has 22 heavy (non-hydrogen) atoms. The highest BCUT2D eigenvalue weighted by molar-refractivity contribution is 7.90. The number of amides is 1. The lowest BCUT2D eigenvalue weighted by Gasteiger charge is -2.70. The minimum absolute atomic E-state index is 0.0317. The van der Waals surface area contributed by atoms with Crippen LogP contribution in [0.2, 0.25) is 0 Å². The minimum atomic E-state index is -4.25. The topological polar surface area (TPSA) is 63.2 Å². The molecule has 0 aromatic heterocycles. The van der Waals surface area contributed by atoms with E-state index in [0.717, 1.165) is 6.26 Å². The van der Waals surface area contributed by atoms with Gasteiger partial charge in [0.05, 0.1) is 15.9 Å². The van der Waals surface area contributed by atoms with E-state index in [1.807, 2.05) is 0 Å². The van der Waals surface area contributed by atoms with Crippen molar-refractivity contribution >= 4 is 15.7 Å². The van der Waals surface area contributed by atoms with Gasteiger partial charge in [-0.25, -0.2) is 8.42 Å². The van der Waals surface area contributed by atoms with Crippen molar-refractivity contribution in [3.63, 3.8) is 0 Å². The Morgan fingerprint density at radius 2 is 1.73 bits per heavy atom. The van der Waals surface area contributed by atoms with Gasteiger partial charge in [0.25, 0.3) is 5.91 Å². The van der Waals surface area contributed by atoms with Gasteiger partial charge in [0.2, 0.25) is 0 Å². The molecule has 0 aliphatic heterocycles. The molecule has 0 saturated heterocycles. The second-order valence-corrected chi connectivity index (χ2v) is 8.30. The maximum absolute atomic E-state index is 12.8. The molecule has 3 fully saturated rings. The number of nitrogens with one attached hydrogen (secondary N) is 1. The number of carbonyl (C=O) groups is 1. The zero-order valence-electron chi connectivity index (χ0n) is 11.7. The Kier molecular flexibility index (Phi) is 2.96. The van der Waals surface area contributed by atoms with Crippen molar-refractivity contribution in [2.75, 3.05) is 6.26 Å². The van der Waals surface area contributed by atoms with Crippen LogP contribution in [-0.2, 0) is 9.84 Å². The van der Waals surface area contributed by atoms with Crippen LogP contribution in [0.1, 0.15) is 29.6 Å². The van der Waals surface area contributed by atoms with Gasteiger partial charge in [0.1, 0.15) is 0 Å². The lowest BCUT2D eigenvalue weighted by atomic mass is 9.39. The van der Waals surface area contributed by atoms with Gasteiger partial charge in [-0.1, -0.05) is 12.1 Å². The van der Waals surface area contributed by atoms with Gasteiger partial charge in [-0.3, -0.25) is 4.79 Å². The Balaban J connectivity index is 1.77. The minimum Gasteiger partial charge on any atom is -0.346 e. The van der Waals surface area contributed by atoms with Crippen LogP contribution >= 0.6 is 0 Å². The highest BCUT2D eigenvalue weighted by Gasteiger charge is 2.79. The third-order valence-electron chi connectivity index (χ3n) is 4.54. The molecular formula is C14H14F3NO3S. The summed E-state index contributed by atoms with van der Waals surface area (Å²) in [6.07, 6.45) is -3.65. The van der Waals surface area contributed by atoms with Crippen molar-refractivity contribution < 1.29 is 26.4 Å². The average Bonchev–Trinajstić information content (AvgIpc) is 2.29. The zero-order chi connectivity index (χ0) is 16.4. The average molecular weight is 333 g/mol. The van der Waals surface area contributed by atoms with Crippen LogP contribution in [0.4, 0.5) is 13.2 Å². The van der Waals surface area contributed by atoms with Gasteiger partial charge in [-0.15, -0.1) is 0 Å². The van der Waals surface area contributed by atoms with E-state index in [0.29, 0.717) is 0 Å². The molecule has 1 amide bonds. The summed E-state index contributed by atoms with van der Waals surface area (Å²) >= 11 is 0. The van der Waals surface area contributed by atoms with Crippen LogP contribution in [0.15, 0.2) is 29.2 Å². The molecule has 0 radical (unpaired) electrons. The van der Waals surface area contributed by atoms with Gasteiger partial charge in [0.15, 0.2) is 9.84 Å². The summed E-state index contributed by atoms with van der Waals surface area (Å²) in [5.41, 5.74) is -2.52. The normalized spacial score (nSPS) is 30.2. The van der Waals surface area contributed by atoms with Gasteiger partial charge in [-0.05, 0) is 31.4 Å². The monoisotopic (exact) mass is 333 g/mol. The second-order valence-electron chi connectivity index (χ2n) is 6.31. The van der Waals surface area contributed by atoms with E-state index in [-0.39, 0.29) is 29.7 Å². The molecule has 1 aromatic rings. The van der Waals surface area contributed by atoms with E-state index in [1.54, 1.807) is 0 Å². The summed E-state index contributed by atoms with van der Waals surface area (Å²) in [4.78, 5) is 12.1. The zero-order valence-corrected chi connectivity index (χ0v) is 12.5. The van der Waals surface area contributed by atoms with E-state index < -0.39 is 32.9 Å². The number of alkyl halides is 3. The summed E-state index contributed by atoms with van der Waals surface area (Å²) in [5.74, 6) is -0.642. The Morgan fingerprint density at radius 3 is 2.23 bits per heavy atom. The molecule has 2 bridgehead atoms. The number of carbonyl (C=O) groups excluding carboxylic acids is 1. The van der Waals surface area contributed by atoms with Crippen molar-refractivity contribution in [3.8, 4) is 0 Å². The largest absolute Gasteiger partial charge is 0.394 e.